The standard InChI is InChI=1S/C6H14Cl2NO3P/c1-9(13(10,11)12)6(2-4-7)3-5-8/h6H,2-5H2,1H3,(H2,10,11,12). The molecule has 4 nitrogen and oxygen atoms in total. The van der Waals surface area contributed by atoms with Crippen molar-refractivity contribution in [2.24, 2.45) is 0 Å². The summed E-state index contributed by atoms with van der Waals surface area (Å²) in [5.74, 6) is 0.734. The van der Waals surface area contributed by atoms with E-state index in [1.807, 2.05) is 0 Å². The Morgan fingerprint density at radius 1 is 1.31 bits per heavy atom. The molecule has 0 aliphatic heterocycles. The normalized spacial score (nSPS) is 12.8. The number of halogens is 2. The molecule has 0 bridgehead atoms. The molecule has 0 aromatic rings. The van der Waals surface area contributed by atoms with Crippen LogP contribution in [0.3, 0.4) is 0 Å². The molecule has 7 heteroatoms. The molecule has 0 saturated heterocycles. The van der Waals surface area contributed by atoms with Gasteiger partial charge in [-0.1, -0.05) is 0 Å². The second-order valence-electron chi connectivity index (χ2n) is 2.70. The van der Waals surface area contributed by atoms with Crippen LogP contribution < -0.4 is 0 Å². The van der Waals surface area contributed by atoms with Crippen LogP contribution in [0.1, 0.15) is 12.8 Å². The van der Waals surface area contributed by atoms with Crippen LogP contribution in [0.15, 0.2) is 0 Å². The maximum absolute atomic E-state index is 10.9. The van der Waals surface area contributed by atoms with Gasteiger partial charge in [0.25, 0.3) is 0 Å². The molecular weight excluding hydrogens is 236 g/mol. The van der Waals surface area contributed by atoms with Crippen LogP contribution in [0.25, 0.3) is 0 Å². The minimum absolute atomic E-state index is 0.254. The van der Waals surface area contributed by atoms with E-state index in [1.54, 1.807) is 0 Å². The van der Waals surface area contributed by atoms with E-state index in [4.69, 9.17) is 33.0 Å². The first-order valence-corrected chi connectivity index (χ1v) is 6.47. The quantitative estimate of drug-likeness (QED) is 0.555. The summed E-state index contributed by atoms with van der Waals surface area (Å²) in [4.78, 5) is 17.7. The van der Waals surface area contributed by atoms with Gasteiger partial charge in [-0.25, -0.2) is 9.24 Å². The third-order valence-corrected chi connectivity index (χ3v) is 3.41. The van der Waals surface area contributed by atoms with Crippen molar-refractivity contribution in [3.05, 3.63) is 0 Å². The van der Waals surface area contributed by atoms with Gasteiger partial charge in [0, 0.05) is 17.8 Å². The van der Waals surface area contributed by atoms with E-state index in [1.165, 1.54) is 7.05 Å². The van der Waals surface area contributed by atoms with Gasteiger partial charge in [-0.3, -0.25) is 0 Å². The van der Waals surface area contributed by atoms with Gasteiger partial charge in [0.05, 0.1) is 0 Å². The molecule has 13 heavy (non-hydrogen) atoms. The number of nitrogens with zero attached hydrogens (tertiary/aromatic N) is 1. The highest BCUT2D eigenvalue weighted by Crippen LogP contribution is 2.41. The molecule has 0 aliphatic carbocycles. The van der Waals surface area contributed by atoms with Crippen molar-refractivity contribution in [2.75, 3.05) is 18.8 Å². The van der Waals surface area contributed by atoms with Gasteiger partial charge in [0.15, 0.2) is 0 Å². The number of rotatable bonds is 6. The van der Waals surface area contributed by atoms with Gasteiger partial charge >= 0.3 is 7.75 Å². The van der Waals surface area contributed by atoms with Crippen LogP contribution in [0.4, 0.5) is 0 Å². The number of hydrogen-bond donors (Lipinski definition) is 2. The van der Waals surface area contributed by atoms with Gasteiger partial charge in [-0.05, 0) is 19.9 Å². The molecule has 0 fully saturated rings. The Hall–Kier alpha value is 0.690. The molecule has 0 radical (unpaired) electrons. The van der Waals surface area contributed by atoms with Crippen LogP contribution in [0.2, 0.25) is 0 Å². The lowest BCUT2D eigenvalue weighted by molar-refractivity contribution is 0.246. The lowest BCUT2D eigenvalue weighted by Crippen LogP contribution is -2.29. The predicted molar refractivity (Wildman–Crippen MR) is 54.3 cm³/mol. The molecule has 0 atom stereocenters. The van der Waals surface area contributed by atoms with Crippen LogP contribution in [-0.2, 0) is 4.57 Å². The molecule has 0 rings (SSSR count). The van der Waals surface area contributed by atoms with Crippen molar-refractivity contribution >= 4 is 30.9 Å². The molecular formula is C6H14Cl2NO3P. The first kappa shape index (κ1) is 13.7. The minimum atomic E-state index is -4.16. The van der Waals surface area contributed by atoms with E-state index >= 15 is 0 Å². The second-order valence-corrected chi connectivity index (χ2v) is 5.11. The number of hydrogen-bond acceptors (Lipinski definition) is 1. The third-order valence-electron chi connectivity index (χ3n) is 1.82. The average Bonchev–Trinajstić information content (AvgIpc) is 2.01. The Balaban J connectivity index is 4.27. The first-order valence-electron chi connectivity index (χ1n) is 3.84. The van der Waals surface area contributed by atoms with E-state index in [0.29, 0.717) is 24.6 Å². The summed E-state index contributed by atoms with van der Waals surface area (Å²) in [5.41, 5.74) is 0. The maximum Gasteiger partial charge on any atom is 0.402 e. The molecule has 0 aliphatic rings. The first-order chi connectivity index (χ1) is 5.93. The van der Waals surface area contributed by atoms with E-state index in [2.05, 4.69) is 0 Å². The van der Waals surface area contributed by atoms with Crippen molar-refractivity contribution in [3.63, 3.8) is 0 Å². The summed E-state index contributed by atoms with van der Waals surface area (Å²) in [5, 5.41) is 0. The fraction of sp³-hybridized carbons (Fsp3) is 1.00. The van der Waals surface area contributed by atoms with Gasteiger partial charge in [0.2, 0.25) is 0 Å². The summed E-state index contributed by atoms with van der Waals surface area (Å²) in [6.45, 7) is 0. The fourth-order valence-electron chi connectivity index (χ4n) is 0.983. The van der Waals surface area contributed by atoms with Crippen molar-refractivity contribution < 1.29 is 14.4 Å². The lowest BCUT2D eigenvalue weighted by Gasteiger charge is -2.27. The van der Waals surface area contributed by atoms with Crippen LogP contribution in [0.5, 0.6) is 0 Å². The third kappa shape index (κ3) is 5.21. The van der Waals surface area contributed by atoms with E-state index in [9.17, 15) is 4.57 Å². The summed E-state index contributed by atoms with van der Waals surface area (Å²) < 4.78 is 11.9. The Bertz CT molecular complexity index is 181. The van der Waals surface area contributed by atoms with Crippen molar-refractivity contribution in [3.8, 4) is 0 Å². The SMILES string of the molecule is CN(C(CCCl)CCCl)P(=O)(O)O. The summed E-state index contributed by atoms with van der Waals surface area (Å²) in [7, 11) is -2.78. The van der Waals surface area contributed by atoms with E-state index in [0.717, 1.165) is 4.67 Å². The number of alkyl halides is 2. The lowest BCUT2D eigenvalue weighted by atomic mass is 10.2. The van der Waals surface area contributed by atoms with E-state index < -0.39 is 7.75 Å². The molecule has 0 aromatic carbocycles. The molecule has 0 unspecified atom stereocenters. The highest BCUT2D eigenvalue weighted by atomic mass is 35.5. The van der Waals surface area contributed by atoms with Crippen LogP contribution in [-0.4, -0.2) is 39.3 Å². The molecule has 0 aromatic heterocycles. The summed E-state index contributed by atoms with van der Waals surface area (Å²) in [6, 6.07) is -0.254. The average molecular weight is 250 g/mol. The summed E-state index contributed by atoms with van der Waals surface area (Å²) >= 11 is 11.0. The van der Waals surface area contributed by atoms with Crippen molar-refractivity contribution in [1.29, 1.82) is 0 Å². The predicted octanol–water partition coefficient (Wildman–Crippen LogP) is 1.64. The highest BCUT2D eigenvalue weighted by Gasteiger charge is 2.27. The Morgan fingerprint density at radius 2 is 1.69 bits per heavy atom. The topological polar surface area (TPSA) is 60.8 Å². The molecule has 0 heterocycles. The van der Waals surface area contributed by atoms with Gasteiger partial charge in [0.1, 0.15) is 0 Å². The Labute approximate surface area is 88.0 Å². The maximum atomic E-state index is 10.9. The van der Waals surface area contributed by atoms with E-state index in [-0.39, 0.29) is 6.04 Å². The van der Waals surface area contributed by atoms with Crippen LogP contribution in [0, 0.1) is 0 Å². The zero-order chi connectivity index (χ0) is 10.5. The molecule has 0 spiro atoms. The highest BCUT2D eigenvalue weighted by molar-refractivity contribution is 7.49. The van der Waals surface area contributed by atoms with Gasteiger partial charge < -0.3 is 9.79 Å². The zero-order valence-corrected chi connectivity index (χ0v) is 9.77. The fourth-order valence-corrected chi connectivity index (χ4v) is 2.14. The Kier molecular flexibility index (Phi) is 6.56. The zero-order valence-electron chi connectivity index (χ0n) is 7.36. The van der Waals surface area contributed by atoms with Crippen molar-refractivity contribution in [1.82, 2.24) is 4.67 Å². The monoisotopic (exact) mass is 249 g/mol. The Morgan fingerprint density at radius 3 is 1.92 bits per heavy atom. The minimum Gasteiger partial charge on any atom is -0.312 e. The molecule has 80 valence electrons. The largest absolute Gasteiger partial charge is 0.402 e. The molecule has 0 saturated carbocycles. The van der Waals surface area contributed by atoms with Crippen molar-refractivity contribution in [2.45, 2.75) is 18.9 Å². The van der Waals surface area contributed by atoms with Gasteiger partial charge in [-0.2, -0.15) is 0 Å². The molecule has 2 N–H and O–H groups in total. The second kappa shape index (κ2) is 6.23. The van der Waals surface area contributed by atoms with Gasteiger partial charge in [-0.15, -0.1) is 23.2 Å². The van der Waals surface area contributed by atoms with Crippen LogP contribution >= 0.6 is 30.9 Å². The molecule has 0 amide bonds. The summed E-state index contributed by atoms with van der Waals surface area (Å²) in [6.07, 6.45) is 1.05. The smallest absolute Gasteiger partial charge is 0.312 e.